The van der Waals surface area contributed by atoms with Gasteiger partial charge in [-0.25, -0.2) is 47.9 Å². The zero-order valence-corrected chi connectivity index (χ0v) is 93.1. The number of unbranched alkanes of at least 4 members (excludes halogenated alkanes) is 21. The fourth-order valence-corrected chi connectivity index (χ4v) is 15.3. The number of nitrogens with zero attached hydrogens (tertiary/aromatic N) is 2. The summed E-state index contributed by atoms with van der Waals surface area (Å²) in [6.45, 7) is 27.1. The SMILES string of the molecule is CCC1OC1CC(OC(=O)NCNC(=O)OCC(C)(C)COC(=O)NC)C(CC=CCCCCCCCC(=O)OC)OC.CCCCCCCCC(OC)C(CCCCCCCC(=O)OCC(C)COC(=O)CCCCCCCC=CCC(OC(=O)NCNC(=O)OCC(C)(COC(=O)NC)C(=O)O[N+](CC)(CC)CC)C(CCCCC)OC)OC(=O)NCCC(=O)OCC(C)(COC(=O)NC)C(=O)O[N+](CC)(CC)CC. The molecule has 852 valence electrons. The minimum atomic E-state index is -1.54. The number of epoxide rings is 1. The lowest BCUT2D eigenvalue weighted by Gasteiger charge is -2.35. The van der Waals surface area contributed by atoms with Crippen molar-refractivity contribution in [1.82, 2.24) is 42.5 Å². The molecule has 0 bridgehead atoms. The summed E-state index contributed by atoms with van der Waals surface area (Å²) in [4.78, 5) is 187. The fourth-order valence-electron chi connectivity index (χ4n) is 15.3. The average Bonchev–Trinajstić information content (AvgIpc) is 0.983. The Kier molecular flexibility index (Phi) is 77.5. The number of rotatable bonds is 84. The highest BCUT2D eigenvalue weighted by molar-refractivity contribution is 5.79. The number of amides is 8. The van der Waals surface area contributed by atoms with Crippen molar-refractivity contribution in [3.63, 3.8) is 0 Å². The predicted octanol–water partition coefficient (Wildman–Crippen LogP) is 17.3. The number of hydrogen-bond acceptors (Lipinski definition) is 32. The average molecular weight is 2110 g/mol. The van der Waals surface area contributed by atoms with Gasteiger partial charge in [0.2, 0.25) is 0 Å². The summed E-state index contributed by atoms with van der Waals surface area (Å²) in [5.74, 6) is -3.01. The van der Waals surface area contributed by atoms with Gasteiger partial charge in [0.25, 0.3) is 0 Å². The van der Waals surface area contributed by atoms with Crippen molar-refractivity contribution >= 4 is 84.6 Å². The molecule has 11 atom stereocenters. The van der Waals surface area contributed by atoms with Crippen molar-refractivity contribution in [2.75, 3.05) is 162 Å². The number of ether oxygens (including phenoxy) is 16. The van der Waals surface area contributed by atoms with Crippen LogP contribution in [0.4, 0.5) is 38.4 Å². The number of alkyl carbamates (subject to hydrolysis) is 8. The molecule has 0 aromatic heterocycles. The maximum atomic E-state index is 13.5. The number of hydrogen-bond donors (Lipinski definition) is 8. The molecule has 0 radical (unpaired) electrons. The summed E-state index contributed by atoms with van der Waals surface area (Å²) in [7, 11) is 10.4. The van der Waals surface area contributed by atoms with Crippen LogP contribution in [0, 0.1) is 22.2 Å². The number of quaternary nitrogens is 2. The lowest BCUT2D eigenvalue weighted by atomic mass is 9.93. The molecule has 11 unspecified atom stereocenters. The summed E-state index contributed by atoms with van der Waals surface area (Å²) in [5.41, 5.74) is -3.64. The topological polar surface area (TPSA) is 505 Å². The number of allylic oxidation sites excluding steroid dienone is 2. The third-order valence-corrected chi connectivity index (χ3v) is 25.6. The van der Waals surface area contributed by atoms with E-state index in [1.165, 1.54) is 54.9 Å². The number of methoxy groups -OCH3 is 4. The second-order valence-corrected chi connectivity index (χ2v) is 38.5. The van der Waals surface area contributed by atoms with Crippen LogP contribution in [0.25, 0.3) is 0 Å². The van der Waals surface area contributed by atoms with E-state index < -0.39 is 128 Å². The molecule has 42 heteroatoms. The van der Waals surface area contributed by atoms with Crippen LogP contribution in [0.15, 0.2) is 24.3 Å². The van der Waals surface area contributed by atoms with Crippen LogP contribution in [-0.4, -0.2) is 304 Å². The molecular formula is C105H192N10O32+2. The number of hydroxylamine groups is 6. The van der Waals surface area contributed by atoms with Crippen molar-refractivity contribution in [3.8, 4) is 0 Å². The van der Waals surface area contributed by atoms with E-state index in [4.69, 9.17) is 80.7 Å². The van der Waals surface area contributed by atoms with Gasteiger partial charge in [0.05, 0.1) is 70.6 Å². The van der Waals surface area contributed by atoms with Crippen LogP contribution in [-0.2, 0) is 114 Å². The predicted molar refractivity (Wildman–Crippen MR) is 552 cm³/mol. The van der Waals surface area contributed by atoms with Gasteiger partial charge in [0.1, 0.15) is 108 Å². The van der Waals surface area contributed by atoms with Crippen LogP contribution < -0.4 is 42.5 Å². The Hall–Kier alpha value is -9.78. The normalized spacial score (nSPS) is 15.1. The second-order valence-electron chi connectivity index (χ2n) is 38.5. The van der Waals surface area contributed by atoms with Crippen molar-refractivity contribution in [2.24, 2.45) is 22.2 Å². The van der Waals surface area contributed by atoms with E-state index in [1.54, 1.807) is 35.2 Å². The third kappa shape index (κ3) is 65.7. The van der Waals surface area contributed by atoms with E-state index in [1.807, 2.05) is 67.5 Å². The van der Waals surface area contributed by atoms with Crippen LogP contribution in [0.1, 0.15) is 335 Å². The Bertz CT molecular complexity index is 3690. The molecular weight excluding hydrogens is 1910 g/mol. The number of nitrogens with one attached hydrogen (secondary N) is 8. The highest BCUT2D eigenvalue weighted by Crippen LogP contribution is 2.33. The quantitative estimate of drug-likeness (QED) is 0.00410. The van der Waals surface area contributed by atoms with Crippen LogP contribution in [0.3, 0.4) is 0 Å². The summed E-state index contributed by atoms with van der Waals surface area (Å²) in [5, 5.41) is 19.6. The Balaban J connectivity index is 0.00000410. The molecule has 1 fully saturated rings. The van der Waals surface area contributed by atoms with E-state index in [0.29, 0.717) is 103 Å². The van der Waals surface area contributed by atoms with Gasteiger partial charge in [-0.2, -0.15) is 0 Å². The van der Waals surface area contributed by atoms with Crippen molar-refractivity contribution in [1.29, 1.82) is 0 Å². The molecule has 8 amide bonds. The van der Waals surface area contributed by atoms with Crippen molar-refractivity contribution in [3.05, 3.63) is 24.3 Å². The van der Waals surface area contributed by atoms with Gasteiger partial charge in [0.15, 0.2) is 0 Å². The molecule has 1 heterocycles. The molecule has 1 aliphatic heterocycles. The summed E-state index contributed by atoms with van der Waals surface area (Å²) in [6, 6.07) is 0. The van der Waals surface area contributed by atoms with Crippen LogP contribution in [0.2, 0.25) is 0 Å². The summed E-state index contributed by atoms with van der Waals surface area (Å²) >= 11 is 0. The standard InChI is InChI=1S/C75H137N7O22.C30H53N3O10/c1-16-24-26-27-33-39-45-61(94-15)62(101-72(91)78-51-50-66(85)97-54-74(10,55-98-69(88)76-12)67(86)103-81(18-3,19-4)20-5)46-41-35-32-37-43-49-65(84)96-53-59(9)52-95-64(83)48-42-36-31-29-28-30-34-40-47-63(60(93-14)44-38-25-17-2)102-73(92)80-58-79-71(90)100-57-75(11,56-99-70(89)77-13)68(87)104-82(21-6,22-7)23-8;1-7-22-24(42-22)18-25(23(38-5)16-14-12-10-8-9-11-13-15-17-26(34)39-6)43-29(37)33-21-32-28(36)41-20-30(2,3)19-40-27(35)31-4/h34,40,59-63H,16-33,35-39,41-58H2,1-15H3,(H3-2,76,77,78,79,80,88,89,90,91,92);12,14,22-25H,7-11,13,15-21H2,1-6H3,(H,31,35)(H,32,36)(H,33,37)/p+2. The molecule has 1 aliphatic rings. The van der Waals surface area contributed by atoms with Crippen molar-refractivity contribution in [2.45, 2.75) is 383 Å². The van der Waals surface area contributed by atoms with E-state index in [9.17, 15) is 67.1 Å². The second kappa shape index (κ2) is 83.0. The van der Waals surface area contributed by atoms with Crippen LogP contribution >= 0.6 is 0 Å². The first-order valence-corrected chi connectivity index (χ1v) is 53.8. The molecule has 8 N–H and O–H groups in total. The highest BCUT2D eigenvalue weighted by atomic mass is 16.8. The van der Waals surface area contributed by atoms with Gasteiger partial charge >= 0.3 is 84.6 Å². The Morgan fingerprint density at radius 1 is 0.333 bits per heavy atom. The Labute approximate surface area is 876 Å². The molecule has 42 nitrogen and oxygen atoms in total. The van der Waals surface area contributed by atoms with Gasteiger partial charge in [-0.1, -0.05) is 181 Å². The van der Waals surface area contributed by atoms with Gasteiger partial charge < -0.3 is 118 Å². The molecule has 0 aliphatic carbocycles. The molecule has 1 saturated heterocycles. The molecule has 147 heavy (non-hydrogen) atoms. The minimum absolute atomic E-state index is 0.00240. The van der Waals surface area contributed by atoms with Gasteiger partial charge in [-0.15, -0.1) is 9.29 Å². The van der Waals surface area contributed by atoms with E-state index >= 15 is 0 Å². The third-order valence-electron chi connectivity index (χ3n) is 25.6. The number of carbonyl (C=O) groups is 14. The zero-order chi connectivity index (χ0) is 110. The molecule has 1 rings (SSSR count). The van der Waals surface area contributed by atoms with Crippen molar-refractivity contribution < 1.29 is 162 Å². The van der Waals surface area contributed by atoms with E-state index in [2.05, 4.69) is 73.3 Å². The van der Waals surface area contributed by atoms with Gasteiger partial charge in [-0.3, -0.25) is 28.9 Å². The fraction of sp³-hybridized carbons (Fsp3) is 0.829. The molecule has 0 aromatic rings. The number of esters is 4. The minimum Gasteiger partial charge on any atom is -0.469 e. The smallest absolute Gasteiger partial charge is 0.408 e. The maximum Gasteiger partial charge on any atom is 0.408 e. The number of carbonyl (C=O) groups excluding carboxylic acids is 14. The first-order chi connectivity index (χ1) is 70.3. The van der Waals surface area contributed by atoms with E-state index in [0.717, 1.165) is 148 Å². The Morgan fingerprint density at radius 2 is 0.667 bits per heavy atom. The van der Waals surface area contributed by atoms with E-state index in [-0.39, 0.29) is 123 Å². The lowest BCUT2D eigenvalue weighted by molar-refractivity contribution is -1.09. The van der Waals surface area contributed by atoms with Gasteiger partial charge in [-0.05, 0) is 139 Å². The monoisotopic (exact) mass is 2110 g/mol. The van der Waals surface area contributed by atoms with Crippen LogP contribution in [0.5, 0.6) is 0 Å². The zero-order valence-electron chi connectivity index (χ0n) is 93.1. The Morgan fingerprint density at radius 3 is 1.08 bits per heavy atom. The first-order valence-electron chi connectivity index (χ1n) is 53.8. The molecule has 0 spiro atoms. The first kappa shape index (κ1) is 137. The van der Waals surface area contributed by atoms with Gasteiger partial charge in [0, 0.05) is 92.5 Å². The highest BCUT2D eigenvalue weighted by Gasteiger charge is 2.47. The summed E-state index contributed by atoms with van der Waals surface area (Å²) < 4.78 is 87.6. The maximum absolute atomic E-state index is 13.5. The largest absolute Gasteiger partial charge is 0.469 e. The molecule has 0 aromatic carbocycles. The summed E-state index contributed by atoms with van der Waals surface area (Å²) in [6.07, 6.45) is 29.4. The lowest BCUT2D eigenvalue weighted by Crippen LogP contribution is -2.53. The molecule has 0 saturated carbocycles.